The first kappa shape index (κ1) is 24.9. The van der Waals surface area contributed by atoms with E-state index in [0.29, 0.717) is 30.6 Å². The molecule has 7 heteroatoms. The highest BCUT2D eigenvalue weighted by Gasteiger charge is 2.44. The van der Waals surface area contributed by atoms with Gasteiger partial charge < -0.3 is 15.1 Å². The number of carbonyl (C=O) groups excluding carboxylic acids is 1. The third kappa shape index (κ3) is 5.08. The van der Waals surface area contributed by atoms with Gasteiger partial charge in [-0.25, -0.2) is 9.78 Å². The molecule has 1 amide bonds. The van der Waals surface area contributed by atoms with Crippen LogP contribution in [0.25, 0.3) is 22.2 Å². The maximum Gasteiger partial charge on any atom is 0.336 e. The number of amides is 1. The summed E-state index contributed by atoms with van der Waals surface area (Å²) < 4.78 is 0. The Bertz CT molecular complexity index is 1340. The molecule has 2 aliphatic rings. The van der Waals surface area contributed by atoms with E-state index in [4.69, 9.17) is 4.98 Å². The number of carboxylic acids is 2. The topological polar surface area (TPSA) is 108 Å². The molecule has 2 aliphatic carbocycles. The van der Waals surface area contributed by atoms with Gasteiger partial charge in [-0.05, 0) is 55.5 Å². The van der Waals surface area contributed by atoms with Crippen LogP contribution in [-0.4, -0.2) is 44.5 Å². The summed E-state index contributed by atoms with van der Waals surface area (Å²) in [4.78, 5) is 43.9. The molecule has 7 nitrogen and oxygen atoms in total. The molecule has 2 aromatic carbocycles. The fourth-order valence-corrected chi connectivity index (χ4v) is 6.04. The molecule has 0 unspecified atom stereocenters. The highest BCUT2D eigenvalue weighted by atomic mass is 16.4. The van der Waals surface area contributed by atoms with Gasteiger partial charge in [0.05, 0.1) is 22.2 Å². The van der Waals surface area contributed by atoms with Gasteiger partial charge in [0.25, 0.3) is 0 Å². The summed E-state index contributed by atoms with van der Waals surface area (Å²) in [5, 5.41) is 20.5. The number of carbonyl (C=O) groups is 3. The Labute approximate surface area is 216 Å². The van der Waals surface area contributed by atoms with E-state index in [9.17, 15) is 24.6 Å². The van der Waals surface area contributed by atoms with Crippen LogP contribution < -0.4 is 0 Å². The van der Waals surface area contributed by atoms with Crippen molar-refractivity contribution in [3.8, 4) is 11.3 Å². The third-order valence-corrected chi connectivity index (χ3v) is 8.08. The van der Waals surface area contributed by atoms with Crippen molar-refractivity contribution in [2.45, 2.75) is 57.9 Å². The molecule has 1 aromatic heterocycles. The molecule has 2 N–H and O–H groups in total. The van der Waals surface area contributed by atoms with Crippen molar-refractivity contribution < 1.29 is 24.6 Å². The number of carboxylic acid groups (broad SMARTS) is 2. The first-order chi connectivity index (χ1) is 17.9. The lowest BCUT2D eigenvalue weighted by molar-refractivity contribution is -0.152. The fraction of sp³-hybridized carbons (Fsp3) is 0.400. The van der Waals surface area contributed by atoms with E-state index < -0.39 is 17.4 Å². The molecule has 2 saturated carbocycles. The molecule has 1 heterocycles. The molecule has 3 aromatic rings. The fourth-order valence-electron chi connectivity index (χ4n) is 6.04. The number of hydrogen-bond acceptors (Lipinski definition) is 4. The molecule has 0 saturated heterocycles. The summed E-state index contributed by atoms with van der Waals surface area (Å²) in [5.41, 5.74) is 2.14. The Hall–Kier alpha value is -3.74. The highest BCUT2D eigenvalue weighted by molar-refractivity contribution is 5.96. The number of aliphatic carboxylic acids is 1. The zero-order valence-electron chi connectivity index (χ0n) is 20.9. The second-order valence-electron chi connectivity index (χ2n) is 10.5. The van der Waals surface area contributed by atoms with Crippen molar-refractivity contribution >= 4 is 28.7 Å². The van der Waals surface area contributed by atoms with Crippen LogP contribution in [0, 0.1) is 11.3 Å². The van der Waals surface area contributed by atoms with Crippen LogP contribution in [0.5, 0.6) is 0 Å². The normalized spacial score (nSPS) is 17.2. The van der Waals surface area contributed by atoms with Crippen LogP contribution in [0.2, 0.25) is 0 Å². The Morgan fingerprint density at radius 1 is 0.919 bits per heavy atom. The molecule has 0 aliphatic heterocycles. The van der Waals surface area contributed by atoms with Crippen molar-refractivity contribution in [1.29, 1.82) is 0 Å². The van der Waals surface area contributed by atoms with E-state index in [2.05, 4.69) is 0 Å². The van der Waals surface area contributed by atoms with Crippen LogP contribution in [0.1, 0.15) is 67.3 Å². The van der Waals surface area contributed by atoms with Gasteiger partial charge in [0, 0.05) is 30.0 Å². The summed E-state index contributed by atoms with van der Waals surface area (Å²) >= 11 is 0. The molecule has 0 spiro atoms. The minimum atomic E-state index is -0.999. The van der Waals surface area contributed by atoms with Crippen molar-refractivity contribution in [2.75, 3.05) is 6.54 Å². The number of fused-ring (bicyclic) bond motifs is 1. The predicted octanol–water partition coefficient (Wildman–Crippen LogP) is 5.76. The van der Waals surface area contributed by atoms with E-state index in [-0.39, 0.29) is 23.9 Å². The summed E-state index contributed by atoms with van der Waals surface area (Å²) in [6.07, 6.45) is 6.82. The smallest absolute Gasteiger partial charge is 0.336 e. The average molecular weight is 501 g/mol. The molecule has 0 radical (unpaired) electrons. The van der Waals surface area contributed by atoms with E-state index in [1.165, 1.54) is 0 Å². The van der Waals surface area contributed by atoms with Crippen LogP contribution in [0.15, 0.2) is 54.6 Å². The molecule has 0 bridgehead atoms. The average Bonchev–Trinajstić information content (AvgIpc) is 3.61. The Morgan fingerprint density at radius 3 is 2.35 bits per heavy atom. The first-order valence-corrected chi connectivity index (χ1v) is 13.1. The van der Waals surface area contributed by atoms with Gasteiger partial charge >= 0.3 is 11.9 Å². The van der Waals surface area contributed by atoms with Gasteiger partial charge in [-0.15, -0.1) is 0 Å². The lowest BCUT2D eigenvalue weighted by atomic mass is 9.85. The summed E-state index contributed by atoms with van der Waals surface area (Å²) in [5.74, 6) is -1.75. The molecule has 5 rings (SSSR count). The lowest BCUT2D eigenvalue weighted by Gasteiger charge is -2.34. The second-order valence-corrected chi connectivity index (χ2v) is 10.5. The monoisotopic (exact) mass is 500 g/mol. The maximum absolute atomic E-state index is 13.5. The third-order valence-electron chi connectivity index (χ3n) is 8.08. The standard InChI is InChI=1S/C30H32N2O5/c33-27(21-7-1-2-8-21)32(19-30(29(36)37)15-5-6-16-30)18-20-11-13-25-22(17-20)12-14-26(31-25)23-9-3-4-10-24(23)28(34)35/h3-4,9-14,17,21H,1-2,5-8,15-16,18-19H2,(H,34,35)(H,36,37). The maximum atomic E-state index is 13.5. The number of pyridine rings is 1. The van der Waals surface area contributed by atoms with Gasteiger partial charge in [0.15, 0.2) is 0 Å². The van der Waals surface area contributed by atoms with Crippen LogP contribution in [0.3, 0.4) is 0 Å². The van der Waals surface area contributed by atoms with Gasteiger partial charge in [0.1, 0.15) is 0 Å². The van der Waals surface area contributed by atoms with Crippen LogP contribution in [-0.2, 0) is 16.1 Å². The van der Waals surface area contributed by atoms with E-state index in [0.717, 1.165) is 55.0 Å². The minimum absolute atomic E-state index is 0.0220. The molecule has 0 atom stereocenters. The largest absolute Gasteiger partial charge is 0.481 e. The summed E-state index contributed by atoms with van der Waals surface area (Å²) in [6, 6.07) is 16.3. The zero-order valence-corrected chi connectivity index (χ0v) is 20.9. The van der Waals surface area contributed by atoms with Crippen LogP contribution in [0.4, 0.5) is 0 Å². The Morgan fingerprint density at radius 2 is 1.65 bits per heavy atom. The Balaban J connectivity index is 1.43. The minimum Gasteiger partial charge on any atom is -0.481 e. The predicted molar refractivity (Wildman–Crippen MR) is 140 cm³/mol. The molecular formula is C30H32N2O5. The number of aromatic nitrogens is 1. The van der Waals surface area contributed by atoms with Crippen molar-refractivity contribution in [2.24, 2.45) is 11.3 Å². The number of rotatable bonds is 8. The summed E-state index contributed by atoms with van der Waals surface area (Å²) in [7, 11) is 0. The molecule has 2 fully saturated rings. The lowest BCUT2D eigenvalue weighted by Crippen LogP contribution is -2.45. The zero-order chi connectivity index (χ0) is 26.0. The first-order valence-electron chi connectivity index (χ1n) is 13.1. The molecule has 192 valence electrons. The van der Waals surface area contributed by atoms with E-state index >= 15 is 0 Å². The van der Waals surface area contributed by atoms with Crippen molar-refractivity contribution in [1.82, 2.24) is 9.88 Å². The molecular weight excluding hydrogens is 468 g/mol. The van der Waals surface area contributed by atoms with Gasteiger partial charge in [-0.1, -0.05) is 56.0 Å². The van der Waals surface area contributed by atoms with E-state index in [1.807, 2.05) is 30.3 Å². The highest BCUT2D eigenvalue weighted by Crippen LogP contribution is 2.40. The quantitative estimate of drug-likeness (QED) is 0.407. The summed E-state index contributed by atoms with van der Waals surface area (Å²) in [6.45, 7) is 0.614. The number of aromatic carboxylic acids is 1. The van der Waals surface area contributed by atoms with E-state index in [1.54, 1.807) is 29.2 Å². The van der Waals surface area contributed by atoms with Gasteiger partial charge in [-0.2, -0.15) is 0 Å². The Kier molecular flexibility index (Phi) is 6.96. The number of hydrogen-bond donors (Lipinski definition) is 2. The van der Waals surface area contributed by atoms with Crippen molar-refractivity contribution in [3.63, 3.8) is 0 Å². The van der Waals surface area contributed by atoms with Crippen LogP contribution >= 0.6 is 0 Å². The number of benzene rings is 2. The van der Waals surface area contributed by atoms with Gasteiger partial charge in [0.2, 0.25) is 5.91 Å². The number of nitrogens with zero attached hydrogens (tertiary/aromatic N) is 2. The van der Waals surface area contributed by atoms with Crippen molar-refractivity contribution in [3.05, 3.63) is 65.7 Å². The van der Waals surface area contributed by atoms with Gasteiger partial charge in [-0.3, -0.25) is 9.59 Å². The second kappa shape index (κ2) is 10.3. The molecule has 37 heavy (non-hydrogen) atoms. The SMILES string of the molecule is O=C(O)c1ccccc1-c1ccc2cc(CN(CC3(C(=O)O)CCCC3)C(=O)C3CCCC3)ccc2n1.